The standard InChI is InChI=1S/C12H14F2O4S/c1-18-5-2-6-19(16,17)8-12(15)10-4-3-9(13)7-11(10)14/h3-4,7H,2,5-6,8H2,1H3. The van der Waals surface area contributed by atoms with Gasteiger partial charge in [-0.3, -0.25) is 4.79 Å². The van der Waals surface area contributed by atoms with E-state index in [0.717, 1.165) is 12.1 Å². The van der Waals surface area contributed by atoms with Gasteiger partial charge in [0.15, 0.2) is 15.6 Å². The van der Waals surface area contributed by atoms with Crippen molar-refractivity contribution in [2.45, 2.75) is 6.42 Å². The number of Topliss-reactive ketones (excluding diaryl/α,β-unsaturated/α-hetero) is 1. The molecule has 0 bridgehead atoms. The van der Waals surface area contributed by atoms with Crippen LogP contribution in [0.5, 0.6) is 0 Å². The van der Waals surface area contributed by atoms with Crippen LogP contribution in [-0.2, 0) is 14.6 Å². The molecule has 1 aromatic carbocycles. The molecule has 1 rings (SSSR count). The number of ether oxygens (including phenoxy) is 1. The number of carbonyl (C=O) groups is 1. The third-order valence-corrected chi connectivity index (χ3v) is 4.00. The lowest BCUT2D eigenvalue weighted by atomic mass is 10.1. The lowest BCUT2D eigenvalue weighted by Gasteiger charge is -2.05. The largest absolute Gasteiger partial charge is 0.385 e. The number of sulfone groups is 1. The molecule has 106 valence electrons. The molecule has 0 atom stereocenters. The number of halogens is 2. The van der Waals surface area contributed by atoms with E-state index < -0.39 is 38.6 Å². The van der Waals surface area contributed by atoms with Crippen molar-refractivity contribution in [2.75, 3.05) is 25.2 Å². The summed E-state index contributed by atoms with van der Waals surface area (Å²) in [6.45, 7) is 0.262. The Morgan fingerprint density at radius 1 is 1.32 bits per heavy atom. The zero-order chi connectivity index (χ0) is 14.5. The summed E-state index contributed by atoms with van der Waals surface area (Å²) in [4.78, 5) is 11.7. The highest BCUT2D eigenvalue weighted by Gasteiger charge is 2.20. The number of methoxy groups -OCH3 is 1. The summed E-state index contributed by atoms with van der Waals surface area (Å²) in [5, 5.41) is 0. The average molecular weight is 292 g/mol. The van der Waals surface area contributed by atoms with Gasteiger partial charge in [-0.1, -0.05) is 0 Å². The summed E-state index contributed by atoms with van der Waals surface area (Å²) in [6, 6.07) is 2.40. The van der Waals surface area contributed by atoms with E-state index in [0.29, 0.717) is 6.07 Å². The van der Waals surface area contributed by atoms with Crippen LogP contribution >= 0.6 is 0 Å². The van der Waals surface area contributed by atoms with Crippen LogP contribution in [0.15, 0.2) is 18.2 Å². The van der Waals surface area contributed by atoms with Crippen LogP contribution in [-0.4, -0.2) is 39.4 Å². The Balaban J connectivity index is 2.73. The number of carbonyl (C=O) groups excluding carboxylic acids is 1. The third kappa shape index (κ3) is 5.04. The van der Waals surface area contributed by atoms with Crippen LogP contribution in [0.3, 0.4) is 0 Å². The summed E-state index contributed by atoms with van der Waals surface area (Å²) in [6.07, 6.45) is 0.262. The van der Waals surface area contributed by atoms with Crippen molar-refractivity contribution in [2.24, 2.45) is 0 Å². The van der Waals surface area contributed by atoms with Crippen molar-refractivity contribution in [3.63, 3.8) is 0 Å². The minimum absolute atomic E-state index is 0.213. The quantitative estimate of drug-likeness (QED) is 0.566. The second kappa shape index (κ2) is 6.72. The highest BCUT2D eigenvalue weighted by Crippen LogP contribution is 2.11. The van der Waals surface area contributed by atoms with E-state index >= 15 is 0 Å². The Hall–Kier alpha value is -1.34. The van der Waals surface area contributed by atoms with E-state index in [1.807, 2.05) is 0 Å². The smallest absolute Gasteiger partial charge is 0.180 e. The van der Waals surface area contributed by atoms with Crippen LogP contribution in [0.4, 0.5) is 8.78 Å². The topological polar surface area (TPSA) is 60.4 Å². The molecule has 0 saturated heterocycles. The molecule has 0 aliphatic heterocycles. The molecule has 0 amide bonds. The van der Waals surface area contributed by atoms with Gasteiger partial charge in [0.1, 0.15) is 17.4 Å². The van der Waals surface area contributed by atoms with Gasteiger partial charge in [0.25, 0.3) is 0 Å². The number of ketones is 1. The maximum Gasteiger partial charge on any atom is 0.180 e. The Bertz CT molecular complexity index is 555. The first-order valence-electron chi connectivity index (χ1n) is 5.53. The molecule has 0 aromatic heterocycles. The number of benzene rings is 1. The summed E-state index contributed by atoms with van der Waals surface area (Å²) in [5.74, 6) is -3.77. The van der Waals surface area contributed by atoms with Crippen LogP contribution < -0.4 is 0 Å². The lowest BCUT2D eigenvalue weighted by molar-refractivity contribution is 0.101. The molecule has 7 heteroatoms. The maximum absolute atomic E-state index is 13.3. The van der Waals surface area contributed by atoms with Crippen molar-refractivity contribution in [1.82, 2.24) is 0 Å². The van der Waals surface area contributed by atoms with E-state index in [1.165, 1.54) is 7.11 Å². The molecular formula is C12H14F2O4S. The molecule has 0 saturated carbocycles. The van der Waals surface area contributed by atoms with Gasteiger partial charge in [-0.15, -0.1) is 0 Å². The number of hydrogen-bond donors (Lipinski definition) is 0. The first-order valence-corrected chi connectivity index (χ1v) is 7.35. The Morgan fingerprint density at radius 2 is 2.00 bits per heavy atom. The van der Waals surface area contributed by atoms with Crippen molar-refractivity contribution in [1.29, 1.82) is 0 Å². The lowest BCUT2D eigenvalue weighted by Crippen LogP contribution is -2.20. The average Bonchev–Trinajstić information content (AvgIpc) is 2.28. The second-order valence-electron chi connectivity index (χ2n) is 3.99. The minimum Gasteiger partial charge on any atom is -0.385 e. The second-order valence-corrected chi connectivity index (χ2v) is 6.17. The van der Waals surface area contributed by atoms with Crippen molar-refractivity contribution in [3.8, 4) is 0 Å². The van der Waals surface area contributed by atoms with Gasteiger partial charge in [0, 0.05) is 19.8 Å². The van der Waals surface area contributed by atoms with Crippen LogP contribution in [0, 0.1) is 11.6 Å². The van der Waals surface area contributed by atoms with E-state index in [4.69, 9.17) is 4.74 Å². The summed E-state index contributed by atoms with van der Waals surface area (Å²) < 4.78 is 53.9. The fraction of sp³-hybridized carbons (Fsp3) is 0.417. The van der Waals surface area contributed by atoms with Crippen molar-refractivity contribution < 1.29 is 26.7 Å². The van der Waals surface area contributed by atoms with Gasteiger partial charge in [0.2, 0.25) is 0 Å². The molecule has 0 spiro atoms. The molecule has 0 unspecified atom stereocenters. The zero-order valence-corrected chi connectivity index (χ0v) is 11.2. The van der Waals surface area contributed by atoms with E-state index in [1.54, 1.807) is 0 Å². The Kier molecular flexibility index (Phi) is 5.56. The molecule has 4 nitrogen and oxygen atoms in total. The fourth-order valence-corrected chi connectivity index (χ4v) is 2.75. The van der Waals surface area contributed by atoms with Crippen LogP contribution in [0.25, 0.3) is 0 Å². The van der Waals surface area contributed by atoms with Gasteiger partial charge in [-0.2, -0.15) is 0 Å². The number of hydrogen-bond acceptors (Lipinski definition) is 4. The monoisotopic (exact) mass is 292 g/mol. The SMILES string of the molecule is COCCCS(=O)(=O)CC(=O)c1ccc(F)cc1F. The van der Waals surface area contributed by atoms with Gasteiger partial charge in [0.05, 0.1) is 11.3 Å². The van der Waals surface area contributed by atoms with Crippen molar-refractivity contribution >= 4 is 15.6 Å². The molecule has 0 aliphatic rings. The van der Waals surface area contributed by atoms with Gasteiger partial charge in [-0.05, 0) is 18.6 Å². The molecule has 0 heterocycles. The highest BCUT2D eigenvalue weighted by atomic mass is 32.2. The summed E-state index contributed by atoms with van der Waals surface area (Å²) in [5.41, 5.74) is -0.420. The van der Waals surface area contributed by atoms with Gasteiger partial charge in [-0.25, -0.2) is 17.2 Å². The van der Waals surface area contributed by atoms with E-state index in [-0.39, 0.29) is 18.8 Å². The number of rotatable bonds is 7. The summed E-state index contributed by atoms with van der Waals surface area (Å²) in [7, 11) is -2.18. The van der Waals surface area contributed by atoms with Crippen LogP contribution in [0.1, 0.15) is 16.8 Å². The first kappa shape index (κ1) is 15.7. The van der Waals surface area contributed by atoms with E-state index in [9.17, 15) is 22.0 Å². The zero-order valence-electron chi connectivity index (χ0n) is 10.4. The predicted molar refractivity (Wildman–Crippen MR) is 65.8 cm³/mol. The Morgan fingerprint density at radius 3 is 2.58 bits per heavy atom. The molecule has 0 aliphatic carbocycles. The van der Waals surface area contributed by atoms with Crippen LogP contribution in [0.2, 0.25) is 0 Å². The third-order valence-electron chi connectivity index (χ3n) is 2.39. The maximum atomic E-state index is 13.3. The molecule has 0 fully saturated rings. The summed E-state index contributed by atoms with van der Waals surface area (Å²) >= 11 is 0. The molecule has 0 N–H and O–H groups in total. The van der Waals surface area contributed by atoms with Gasteiger partial charge >= 0.3 is 0 Å². The van der Waals surface area contributed by atoms with E-state index in [2.05, 4.69) is 0 Å². The molecule has 0 radical (unpaired) electrons. The Labute approximate surface area is 110 Å². The normalized spacial score (nSPS) is 11.5. The fourth-order valence-electron chi connectivity index (χ4n) is 1.49. The molecular weight excluding hydrogens is 278 g/mol. The van der Waals surface area contributed by atoms with Gasteiger partial charge < -0.3 is 4.74 Å². The van der Waals surface area contributed by atoms with Crippen molar-refractivity contribution in [3.05, 3.63) is 35.4 Å². The minimum atomic E-state index is -3.62. The first-order chi connectivity index (χ1) is 8.85. The molecule has 19 heavy (non-hydrogen) atoms. The highest BCUT2D eigenvalue weighted by molar-refractivity contribution is 7.92. The molecule has 1 aromatic rings. The predicted octanol–water partition coefficient (Wildman–Crippen LogP) is 1.60.